The molecule has 0 spiro atoms. The first-order chi connectivity index (χ1) is 13.4. The van der Waals surface area contributed by atoms with Crippen LogP contribution in [0.4, 0.5) is 5.69 Å². The second kappa shape index (κ2) is 8.21. The lowest BCUT2D eigenvalue weighted by Crippen LogP contribution is -2.44. The van der Waals surface area contributed by atoms with Crippen LogP contribution >= 0.6 is 0 Å². The second-order valence-electron chi connectivity index (χ2n) is 7.11. The van der Waals surface area contributed by atoms with Gasteiger partial charge in [-0.1, -0.05) is 50.6 Å². The summed E-state index contributed by atoms with van der Waals surface area (Å²) < 4.78 is 0. The maximum absolute atomic E-state index is 12.7. The molecule has 1 aliphatic heterocycles. The largest absolute Gasteiger partial charge is 0.345 e. The first kappa shape index (κ1) is 19.5. The molecule has 5 nitrogen and oxygen atoms in total. The van der Waals surface area contributed by atoms with E-state index >= 15 is 0 Å². The number of ketones is 1. The second-order valence-corrected chi connectivity index (χ2v) is 7.11. The van der Waals surface area contributed by atoms with Crippen molar-refractivity contribution in [3.63, 3.8) is 0 Å². The summed E-state index contributed by atoms with van der Waals surface area (Å²) >= 11 is 0. The van der Waals surface area contributed by atoms with Gasteiger partial charge in [0.25, 0.3) is 5.91 Å². The molecule has 3 rings (SSSR count). The van der Waals surface area contributed by atoms with Crippen LogP contribution in [0.15, 0.2) is 54.6 Å². The molecule has 0 fully saturated rings. The first-order valence-corrected chi connectivity index (χ1v) is 9.44. The highest BCUT2D eigenvalue weighted by Gasteiger charge is 2.31. The van der Waals surface area contributed by atoms with Crippen LogP contribution in [0.1, 0.15) is 53.5 Å². The van der Waals surface area contributed by atoms with Crippen molar-refractivity contribution < 1.29 is 14.4 Å². The Morgan fingerprint density at radius 3 is 2.54 bits per heavy atom. The van der Waals surface area contributed by atoms with Gasteiger partial charge in [-0.15, -0.1) is 0 Å². The number of carbonyl (C=O) groups excluding carboxylic acids is 3. The van der Waals surface area contributed by atoms with Gasteiger partial charge < -0.3 is 10.6 Å². The van der Waals surface area contributed by atoms with Gasteiger partial charge in [0.2, 0.25) is 5.91 Å². The summed E-state index contributed by atoms with van der Waals surface area (Å²) in [5.74, 6) is -0.296. The van der Waals surface area contributed by atoms with Crippen molar-refractivity contribution in [2.75, 3.05) is 5.32 Å². The lowest BCUT2D eigenvalue weighted by Gasteiger charge is -2.32. The number of hydrogen-bond acceptors (Lipinski definition) is 3. The number of hydrogen-bond donors (Lipinski definition) is 2. The van der Waals surface area contributed by atoms with Gasteiger partial charge in [0.05, 0.1) is 6.04 Å². The van der Waals surface area contributed by atoms with Crippen molar-refractivity contribution in [2.24, 2.45) is 5.92 Å². The molecule has 0 saturated heterocycles. The Morgan fingerprint density at radius 2 is 1.86 bits per heavy atom. The van der Waals surface area contributed by atoms with Crippen LogP contribution in [0, 0.1) is 5.92 Å². The highest BCUT2D eigenvalue weighted by molar-refractivity contribution is 6.10. The topological polar surface area (TPSA) is 75.3 Å². The number of carbonyl (C=O) groups is 3. The van der Waals surface area contributed by atoms with Crippen LogP contribution in [0.2, 0.25) is 0 Å². The normalized spacial score (nSPS) is 18.2. The molecule has 2 atom stereocenters. The highest BCUT2D eigenvalue weighted by atomic mass is 16.2. The molecule has 0 radical (unpaired) electrons. The monoisotopic (exact) mass is 376 g/mol. The summed E-state index contributed by atoms with van der Waals surface area (Å²) in [5, 5.41) is 5.86. The molecule has 5 heteroatoms. The molecular formula is C23H24N2O3. The molecule has 0 aliphatic carbocycles. The zero-order valence-corrected chi connectivity index (χ0v) is 16.3. The minimum Gasteiger partial charge on any atom is -0.345 e. The van der Waals surface area contributed by atoms with Gasteiger partial charge >= 0.3 is 0 Å². The van der Waals surface area contributed by atoms with Crippen molar-refractivity contribution in [3.05, 3.63) is 71.3 Å². The molecule has 2 aromatic rings. The lowest BCUT2D eigenvalue weighted by molar-refractivity contribution is -0.111. The molecule has 2 amide bonds. The van der Waals surface area contributed by atoms with Gasteiger partial charge in [0.15, 0.2) is 5.78 Å². The van der Waals surface area contributed by atoms with Gasteiger partial charge in [0.1, 0.15) is 0 Å². The van der Waals surface area contributed by atoms with Crippen molar-refractivity contribution in [3.8, 4) is 0 Å². The molecule has 2 unspecified atom stereocenters. The summed E-state index contributed by atoms with van der Waals surface area (Å²) in [7, 11) is 0. The minimum atomic E-state index is -0.296. The Labute approximate surface area is 164 Å². The molecule has 2 aromatic carbocycles. The van der Waals surface area contributed by atoms with E-state index in [0.29, 0.717) is 16.8 Å². The standard InChI is InChI=1S/C23H24N2O3/c1-4-14(2)22-20(18-10-5-6-11-19(18)23(28)25-22)13-21(27)24-17-9-7-8-16(12-17)15(3)26/h5-14,22H,4H2,1-3H3,(H,24,27)(H,25,28). The van der Waals surface area contributed by atoms with E-state index in [1.807, 2.05) is 18.2 Å². The Kier molecular flexibility index (Phi) is 5.73. The molecule has 28 heavy (non-hydrogen) atoms. The summed E-state index contributed by atoms with van der Waals surface area (Å²) in [6.07, 6.45) is 2.42. The molecule has 1 aliphatic rings. The van der Waals surface area contributed by atoms with Crippen LogP contribution in [0.5, 0.6) is 0 Å². The van der Waals surface area contributed by atoms with E-state index in [1.54, 1.807) is 36.4 Å². The zero-order chi connectivity index (χ0) is 20.3. The van der Waals surface area contributed by atoms with E-state index in [2.05, 4.69) is 24.5 Å². The van der Waals surface area contributed by atoms with E-state index in [1.165, 1.54) is 6.92 Å². The summed E-state index contributed by atoms with van der Waals surface area (Å²) in [5.41, 5.74) is 3.25. The van der Waals surface area contributed by atoms with Crippen molar-refractivity contribution in [1.82, 2.24) is 5.32 Å². The van der Waals surface area contributed by atoms with Crippen LogP contribution in [0.25, 0.3) is 5.57 Å². The Bertz CT molecular complexity index is 962. The lowest BCUT2D eigenvalue weighted by atomic mass is 9.82. The third kappa shape index (κ3) is 4.03. The van der Waals surface area contributed by atoms with Crippen molar-refractivity contribution >= 4 is 28.9 Å². The number of amides is 2. The van der Waals surface area contributed by atoms with E-state index in [0.717, 1.165) is 17.6 Å². The van der Waals surface area contributed by atoms with Gasteiger partial charge in [-0.05, 0) is 42.2 Å². The van der Waals surface area contributed by atoms with Gasteiger partial charge in [-0.25, -0.2) is 0 Å². The van der Waals surface area contributed by atoms with Gasteiger partial charge in [0, 0.05) is 22.9 Å². The van der Waals surface area contributed by atoms with E-state index in [-0.39, 0.29) is 29.6 Å². The fraction of sp³-hybridized carbons (Fsp3) is 0.261. The first-order valence-electron chi connectivity index (χ1n) is 9.44. The van der Waals surface area contributed by atoms with E-state index in [9.17, 15) is 14.4 Å². The number of fused-ring (bicyclic) bond motifs is 1. The maximum Gasteiger partial charge on any atom is 0.252 e. The number of benzene rings is 2. The van der Waals surface area contributed by atoms with E-state index < -0.39 is 0 Å². The van der Waals surface area contributed by atoms with Crippen LogP contribution < -0.4 is 10.6 Å². The molecular weight excluding hydrogens is 352 g/mol. The number of anilines is 1. The molecule has 144 valence electrons. The van der Waals surface area contributed by atoms with Crippen LogP contribution in [-0.2, 0) is 4.79 Å². The molecule has 2 N–H and O–H groups in total. The van der Waals surface area contributed by atoms with Crippen LogP contribution in [-0.4, -0.2) is 23.6 Å². The average molecular weight is 376 g/mol. The molecule has 0 aromatic heterocycles. The predicted molar refractivity (Wildman–Crippen MR) is 110 cm³/mol. The zero-order valence-electron chi connectivity index (χ0n) is 16.3. The number of nitrogens with one attached hydrogen (secondary N) is 2. The Morgan fingerprint density at radius 1 is 1.14 bits per heavy atom. The van der Waals surface area contributed by atoms with E-state index in [4.69, 9.17) is 0 Å². The smallest absolute Gasteiger partial charge is 0.252 e. The number of rotatable bonds is 5. The van der Waals surface area contributed by atoms with Crippen molar-refractivity contribution in [2.45, 2.75) is 33.2 Å². The van der Waals surface area contributed by atoms with Gasteiger partial charge in [-0.2, -0.15) is 0 Å². The van der Waals surface area contributed by atoms with Crippen molar-refractivity contribution in [1.29, 1.82) is 0 Å². The fourth-order valence-corrected chi connectivity index (χ4v) is 3.38. The average Bonchev–Trinajstić information content (AvgIpc) is 2.69. The van der Waals surface area contributed by atoms with Gasteiger partial charge in [-0.3, -0.25) is 14.4 Å². The third-order valence-electron chi connectivity index (χ3n) is 5.14. The maximum atomic E-state index is 12.7. The third-order valence-corrected chi connectivity index (χ3v) is 5.14. The summed E-state index contributed by atoms with van der Waals surface area (Å²) in [6.45, 7) is 5.60. The van der Waals surface area contributed by atoms with Crippen LogP contribution in [0.3, 0.4) is 0 Å². The summed E-state index contributed by atoms with van der Waals surface area (Å²) in [4.78, 5) is 36.7. The minimum absolute atomic E-state index is 0.0600. The molecule has 0 bridgehead atoms. The Hall–Kier alpha value is -3.21. The highest BCUT2D eigenvalue weighted by Crippen LogP contribution is 2.31. The molecule has 1 heterocycles. The number of Topliss-reactive ketones (excluding diaryl/α,β-unsaturated/α-hetero) is 1. The SMILES string of the molecule is CCC(C)C1NC(=O)c2ccccc2C1=CC(=O)Nc1cccc(C(C)=O)c1. The molecule has 0 saturated carbocycles. The fourth-order valence-electron chi connectivity index (χ4n) is 3.38. The summed E-state index contributed by atoms with van der Waals surface area (Å²) in [6, 6.07) is 13.9. The predicted octanol–water partition coefficient (Wildman–Crippen LogP) is 4.07. The quantitative estimate of drug-likeness (QED) is 0.610. The Balaban J connectivity index is 1.95.